The third kappa shape index (κ3) is 3.92. The van der Waals surface area contributed by atoms with E-state index in [4.69, 9.17) is 4.74 Å². The quantitative estimate of drug-likeness (QED) is 0.802. The minimum atomic E-state index is -3.64. The van der Waals surface area contributed by atoms with Crippen LogP contribution < -0.4 is 14.4 Å². The summed E-state index contributed by atoms with van der Waals surface area (Å²) in [5.41, 5.74) is 1.34. The van der Waals surface area contributed by atoms with Gasteiger partial charge >= 0.3 is 0 Å². The minimum absolute atomic E-state index is 0. The summed E-state index contributed by atoms with van der Waals surface area (Å²) in [4.78, 5) is 0. The number of fused-ring (bicyclic) bond motifs is 1. The molecule has 1 aliphatic rings. The van der Waals surface area contributed by atoms with E-state index in [-0.39, 0.29) is 12.4 Å². The zero-order valence-electron chi connectivity index (χ0n) is 14.3. The predicted molar refractivity (Wildman–Crippen MR) is 104 cm³/mol. The SMILES string of the molecule is CNCCCC1Oc2ccccc2N(c2cccc(C)c2)S1(=O)=O.Cl. The molecule has 0 radical (unpaired) electrons. The second-order valence-corrected chi connectivity index (χ2v) is 7.83. The first-order valence-electron chi connectivity index (χ1n) is 8.05. The van der Waals surface area contributed by atoms with Gasteiger partial charge in [0.15, 0.2) is 0 Å². The Kier molecular flexibility index (Phi) is 6.32. The van der Waals surface area contributed by atoms with E-state index in [1.165, 1.54) is 4.31 Å². The van der Waals surface area contributed by atoms with Crippen LogP contribution >= 0.6 is 12.4 Å². The number of rotatable bonds is 5. The molecule has 1 heterocycles. The Hall–Kier alpha value is -1.76. The number of ether oxygens (including phenoxy) is 1. The van der Waals surface area contributed by atoms with Gasteiger partial charge in [0, 0.05) is 6.42 Å². The van der Waals surface area contributed by atoms with Crippen molar-refractivity contribution in [3.63, 3.8) is 0 Å². The standard InChI is InChI=1S/C18H22N2O3S.ClH/c1-14-7-5-8-15(13-14)20-16-9-3-4-10-17(16)23-18(24(20,21)22)11-6-12-19-2;/h3-5,7-10,13,18-19H,6,11-12H2,1-2H3;1H. The van der Waals surface area contributed by atoms with Crippen LogP contribution in [0.4, 0.5) is 11.4 Å². The summed E-state index contributed by atoms with van der Waals surface area (Å²) in [6.45, 7) is 2.70. The van der Waals surface area contributed by atoms with Gasteiger partial charge in [-0.1, -0.05) is 24.3 Å². The molecule has 1 unspecified atom stereocenters. The fourth-order valence-electron chi connectivity index (χ4n) is 2.88. The Bertz CT molecular complexity index is 827. The lowest BCUT2D eigenvalue weighted by Gasteiger charge is -2.35. The van der Waals surface area contributed by atoms with Crippen LogP contribution in [0, 0.1) is 6.92 Å². The molecule has 3 rings (SSSR count). The lowest BCUT2D eigenvalue weighted by Crippen LogP contribution is -2.43. The van der Waals surface area contributed by atoms with Crippen LogP contribution in [-0.2, 0) is 10.0 Å². The first-order valence-corrected chi connectivity index (χ1v) is 9.55. The largest absolute Gasteiger partial charge is 0.470 e. The summed E-state index contributed by atoms with van der Waals surface area (Å²) in [5, 5.41) is 3.04. The van der Waals surface area contributed by atoms with E-state index >= 15 is 0 Å². The zero-order chi connectivity index (χ0) is 17.2. The van der Waals surface area contributed by atoms with Gasteiger partial charge in [0.2, 0.25) is 5.44 Å². The summed E-state index contributed by atoms with van der Waals surface area (Å²) in [6, 6.07) is 14.8. The average molecular weight is 383 g/mol. The monoisotopic (exact) mass is 382 g/mol. The van der Waals surface area contributed by atoms with Gasteiger partial charge in [-0.05, 0) is 56.8 Å². The average Bonchev–Trinajstić information content (AvgIpc) is 2.55. The fraction of sp³-hybridized carbons (Fsp3) is 0.333. The molecule has 1 aliphatic heterocycles. The molecule has 2 aromatic rings. The van der Waals surface area contributed by atoms with Gasteiger partial charge in [0.05, 0.1) is 11.4 Å². The molecule has 0 spiro atoms. The highest BCUT2D eigenvalue weighted by molar-refractivity contribution is 7.93. The number of nitrogens with one attached hydrogen (secondary N) is 1. The second-order valence-electron chi connectivity index (χ2n) is 5.91. The molecule has 0 saturated heterocycles. The Morgan fingerprint density at radius 1 is 1.16 bits per heavy atom. The fourth-order valence-corrected chi connectivity index (χ4v) is 4.63. The van der Waals surface area contributed by atoms with Crippen molar-refractivity contribution in [2.45, 2.75) is 25.2 Å². The molecule has 0 saturated carbocycles. The van der Waals surface area contributed by atoms with E-state index in [9.17, 15) is 8.42 Å². The maximum atomic E-state index is 13.2. The molecule has 0 fully saturated rings. The number of para-hydroxylation sites is 2. The van der Waals surface area contributed by atoms with Crippen molar-refractivity contribution in [1.82, 2.24) is 5.32 Å². The van der Waals surface area contributed by atoms with Crippen LogP contribution in [0.15, 0.2) is 48.5 Å². The molecule has 5 nitrogen and oxygen atoms in total. The summed E-state index contributed by atoms with van der Waals surface area (Å²) in [7, 11) is -1.79. The van der Waals surface area contributed by atoms with Crippen LogP contribution in [-0.4, -0.2) is 27.4 Å². The van der Waals surface area contributed by atoms with E-state index < -0.39 is 15.5 Å². The normalized spacial score (nSPS) is 18.0. The maximum Gasteiger partial charge on any atom is 0.277 e. The number of hydrogen-bond acceptors (Lipinski definition) is 4. The molecule has 1 atom stereocenters. The third-order valence-corrected chi connectivity index (χ3v) is 5.94. The maximum absolute atomic E-state index is 13.2. The lowest BCUT2D eigenvalue weighted by atomic mass is 10.2. The molecular weight excluding hydrogens is 360 g/mol. The topological polar surface area (TPSA) is 58.6 Å². The molecule has 7 heteroatoms. The first kappa shape index (κ1) is 19.6. The van der Waals surface area contributed by atoms with E-state index in [0.717, 1.165) is 18.5 Å². The number of sulfonamides is 1. The van der Waals surface area contributed by atoms with Crippen molar-refractivity contribution in [2.75, 3.05) is 17.9 Å². The number of halogens is 1. The van der Waals surface area contributed by atoms with Crippen molar-refractivity contribution >= 4 is 33.8 Å². The van der Waals surface area contributed by atoms with Crippen LogP contribution in [0.5, 0.6) is 5.75 Å². The Morgan fingerprint density at radius 3 is 2.64 bits per heavy atom. The van der Waals surface area contributed by atoms with Gasteiger partial charge in [0.1, 0.15) is 5.75 Å². The van der Waals surface area contributed by atoms with Gasteiger partial charge in [-0.25, -0.2) is 12.7 Å². The van der Waals surface area contributed by atoms with Crippen LogP contribution in [0.2, 0.25) is 0 Å². The summed E-state index contributed by atoms with van der Waals surface area (Å²) < 4.78 is 33.6. The van der Waals surface area contributed by atoms with Crippen molar-refractivity contribution in [3.8, 4) is 5.75 Å². The summed E-state index contributed by atoms with van der Waals surface area (Å²) in [5.74, 6) is 0.600. The van der Waals surface area contributed by atoms with Crippen LogP contribution in [0.25, 0.3) is 0 Å². The Labute approximate surface area is 155 Å². The zero-order valence-corrected chi connectivity index (χ0v) is 15.9. The third-order valence-electron chi connectivity index (χ3n) is 4.03. The van der Waals surface area contributed by atoms with E-state index in [0.29, 0.717) is 23.5 Å². The second kappa shape index (κ2) is 8.08. The molecule has 0 aliphatic carbocycles. The number of benzene rings is 2. The summed E-state index contributed by atoms with van der Waals surface area (Å²) >= 11 is 0. The highest BCUT2D eigenvalue weighted by Crippen LogP contribution is 2.42. The van der Waals surface area contributed by atoms with Crippen LogP contribution in [0.1, 0.15) is 18.4 Å². The molecule has 0 amide bonds. The van der Waals surface area contributed by atoms with Crippen molar-refractivity contribution in [3.05, 3.63) is 54.1 Å². The highest BCUT2D eigenvalue weighted by atomic mass is 35.5. The molecule has 25 heavy (non-hydrogen) atoms. The van der Waals surface area contributed by atoms with Crippen molar-refractivity contribution in [2.24, 2.45) is 0 Å². The number of anilines is 2. The number of hydrogen-bond donors (Lipinski definition) is 1. The van der Waals surface area contributed by atoms with Gasteiger partial charge in [-0.15, -0.1) is 12.4 Å². The highest BCUT2D eigenvalue weighted by Gasteiger charge is 2.40. The first-order chi connectivity index (χ1) is 11.5. The summed E-state index contributed by atoms with van der Waals surface area (Å²) in [6.07, 6.45) is 1.17. The van der Waals surface area contributed by atoms with Crippen molar-refractivity contribution in [1.29, 1.82) is 0 Å². The Balaban J connectivity index is 0.00000225. The van der Waals surface area contributed by atoms with E-state index in [1.54, 1.807) is 6.07 Å². The number of aryl methyl sites for hydroxylation is 1. The van der Waals surface area contributed by atoms with E-state index in [1.807, 2.05) is 56.4 Å². The number of nitrogens with zero attached hydrogens (tertiary/aromatic N) is 1. The molecule has 0 aromatic heterocycles. The molecule has 2 aromatic carbocycles. The minimum Gasteiger partial charge on any atom is -0.470 e. The lowest BCUT2D eigenvalue weighted by molar-refractivity contribution is 0.254. The van der Waals surface area contributed by atoms with Gasteiger partial charge in [-0.2, -0.15) is 0 Å². The van der Waals surface area contributed by atoms with Crippen molar-refractivity contribution < 1.29 is 13.2 Å². The molecule has 136 valence electrons. The van der Waals surface area contributed by atoms with E-state index in [2.05, 4.69) is 5.32 Å². The van der Waals surface area contributed by atoms with Gasteiger partial charge < -0.3 is 10.1 Å². The van der Waals surface area contributed by atoms with Gasteiger partial charge in [-0.3, -0.25) is 0 Å². The molecule has 1 N–H and O–H groups in total. The predicted octanol–water partition coefficient (Wildman–Crippen LogP) is 3.60. The Morgan fingerprint density at radius 2 is 1.92 bits per heavy atom. The van der Waals surface area contributed by atoms with Crippen LogP contribution in [0.3, 0.4) is 0 Å². The molecular formula is C18H23ClN2O3S. The van der Waals surface area contributed by atoms with Gasteiger partial charge in [0.25, 0.3) is 10.0 Å². The smallest absolute Gasteiger partial charge is 0.277 e. The molecule has 0 bridgehead atoms.